The Bertz CT molecular complexity index is 238. The van der Waals surface area contributed by atoms with Gasteiger partial charge in [-0.15, -0.1) is 11.8 Å². The van der Waals surface area contributed by atoms with Gasteiger partial charge in [0.05, 0.1) is 0 Å². The molecule has 1 rings (SSSR count). The Morgan fingerprint density at radius 1 is 1.50 bits per heavy atom. The Balaban J connectivity index is 3.13. The highest BCUT2D eigenvalue weighted by molar-refractivity contribution is 7.98. The maximum atomic E-state index is 5.65. The third kappa shape index (κ3) is 1.73. The van der Waals surface area contributed by atoms with Gasteiger partial charge in [0, 0.05) is 29.7 Å². The van der Waals surface area contributed by atoms with Crippen molar-refractivity contribution in [1.29, 1.82) is 0 Å². The monoisotopic (exact) mass is 182 g/mol. The number of thioether (sulfide) groups is 1. The molecule has 0 atom stereocenters. The van der Waals surface area contributed by atoms with Gasteiger partial charge >= 0.3 is 0 Å². The zero-order chi connectivity index (χ0) is 8.97. The quantitative estimate of drug-likeness (QED) is 0.701. The molecule has 0 amide bonds. The zero-order valence-electron chi connectivity index (χ0n) is 7.42. The van der Waals surface area contributed by atoms with Gasteiger partial charge in [0.2, 0.25) is 0 Å². The van der Waals surface area contributed by atoms with Crippen molar-refractivity contribution in [3.8, 4) is 0 Å². The fraction of sp³-hybridized carbons (Fsp3) is 0.333. The lowest BCUT2D eigenvalue weighted by molar-refractivity contribution is 1.03. The Morgan fingerprint density at radius 3 is 2.75 bits per heavy atom. The lowest BCUT2D eigenvalue weighted by atomic mass is 10.2. The SMILES string of the molecule is CNc1cccc(SC)c1CN. The van der Waals surface area contributed by atoms with Gasteiger partial charge in [-0.2, -0.15) is 0 Å². The minimum Gasteiger partial charge on any atom is -0.388 e. The van der Waals surface area contributed by atoms with E-state index in [2.05, 4.69) is 17.6 Å². The highest BCUT2D eigenvalue weighted by Gasteiger charge is 2.03. The molecule has 12 heavy (non-hydrogen) atoms. The molecule has 3 N–H and O–H groups in total. The summed E-state index contributed by atoms with van der Waals surface area (Å²) in [5.74, 6) is 0. The van der Waals surface area contributed by atoms with Crippen LogP contribution in [0.15, 0.2) is 23.1 Å². The normalized spacial score (nSPS) is 9.92. The first-order chi connectivity index (χ1) is 5.83. The van der Waals surface area contributed by atoms with Gasteiger partial charge in [0.15, 0.2) is 0 Å². The van der Waals surface area contributed by atoms with Crippen molar-refractivity contribution in [2.75, 3.05) is 18.6 Å². The highest BCUT2D eigenvalue weighted by atomic mass is 32.2. The van der Waals surface area contributed by atoms with E-state index in [1.54, 1.807) is 11.8 Å². The number of hydrogen-bond acceptors (Lipinski definition) is 3. The van der Waals surface area contributed by atoms with Crippen LogP contribution in [0.4, 0.5) is 5.69 Å². The number of hydrogen-bond donors (Lipinski definition) is 2. The lowest BCUT2D eigenvalue weighted by Crippen LogP contribution is -2.03. The predicted molar refractivity (Wildman–Crippen MR) is 55.7 cm³/mol. The first-order valence-corrected chi connectivity index (χ1v) is 5.09. The summed E-state index contributed by atoms with van der Waals surface area (Å²) in [5, 5.41) is 3.13. The molecule has 0 spiro atoms. The highest BCUT2D eigenvalue weighted by Crippen LogP contribution is 2.25. The van der Waals surface area contributed by atoms with Crippen molar-refractivity contribution in [1.82, 2.24) is 0 Å². The van der Waals surface area contributed by atoms with Crippen molar-refractivity contribution in [3.63, 3.8) is 0 Å². The first-order valence-electron chi connectivity index (χ1n) is 3.87. The summed E-state index contributed by atoms with van der Waals surface area (Å²) in [4.78, 5) is 1.25. The van der Waals surface area contributed by atoms with Crippen molar-refractivity contribution >= 4 is 17.4 Å². The van der Waals surface area contributed by atoms with Gasteiger partial charge in [-0.25, -0.2) is 0 Å². The van der Waals surface area contributed by atoms with Crippen molar-refractivity contribution in [3.05, 3.63) is 23.8 Å². The van der Waals surface area contributed by atoms with Crippen LogP contribution in [-0.2, 0) is 6.54 Å². The Hall–Kier alpha value is -0.670. The molecule has 1 aromatic carbocycles. The summed E-state index contributed by atoms with van der Waals surface area (Å²) in [7, 11) is 1.92. The van der Waals surface area contributed by atoms with E-state index in [4.69, 9.17) is 5.73 Å². The molecular weight excluding hydrogens is 168 g/mol. The van der Waals surface area contributed by atoms with Crippen LogP contribution in [0.5, 0.6) is 0 Å². The van der Waals surface area contributed by atoms with Crippen molar-refractivity contribution in [2.45, 2.75) is 11.4 Å². The molecule has 1 aromatic rings. The van der Waals surface area contributed by atoms with Crippen LogP contribution in [0.2, 0.25) is 0 Å². The maximum absolute atomic E-state index is 5.65. The lowest BCUT2D eigenvalue weighted by Gasteiger charge is -2.10. The van der Waals surface area contributed by atoms with Crippen LogP contribution in [-0.4, -0.2) is 13.3 Å². The van der Waals surface area contributed by atoms with Crippen LogP contribution in [0.3, 0.4) is 0 Å². The fourth-order valence-electron chi connectivity index (χ4n) is 1.20. The number of anilines is 1. The molecule has 0 bridgehead atoms. The number of nitrogens with one attached hydrogen (secondary N) is 1. The summed E-state index contributed by atoms with van der Waals surface area (Å²) < 4.78 is 0. The van der Waals surface area contributed by atoms with Gasteiger partial charge in [-0.3, -0.25) is 0 Å². The smallest absolute Gasteiger partial charge is 0.0394 e. The van der Waals surface area contributed by atoms with E-state index in [1.807, 2.05) is 19.2 Å². The van der Waals surface area contributed by atoms with E-state index in [-0.39, 0.29) is 0 Å². The molecule has 0 fully saturated rings. The molecule has 0 saturated heterocycles. The molecule has 0 aromatic heterocycles. The zero-order valence-corrected chi connectivity index (χ0v) is 8.24. The molecule has 0 saturated carbocycles. The van der Waals surface area contributed by atoms with E-state index < -0.39 is 0 Å². The molecule has 0 heterocycles. The maximum Gasteiger partial charge on any atom is 0.0394 e. The van der Waals surface area contributed by atoms with Crippen molar-refractivity contribution in [2.24, 2.45) is 5.73 Å². The van der Waals surface area contributed by atoms with E-state index >= 15 is 0 Å². The number of benzene rings is 1. The van der Waals surface area contributed by atoms with Crippen LogP contribution >= 0.6 is 11.8 Å². The molecule has 0 aliphatic rings. The molecule has 0 aliphatic carbocycles. The molecule has 66 valence electrons. The second kappa shape index (κ2) is 4.38. The third-order valence-corrected chi connectivity index (χ3v) is 2.65. The van der Waals surface area contributed by atoms with Gasteiger partial charge in [-0.1, -0.05) is 6.07 Å². The molecule has 3 heteroatoms. The predicted octanol–water partition coefficient (Wildman–Crippen LogP) is 1.91. The second-order valence-corrected chi connectivity index (χ2v) is 3.29. The van der Waals surface area contributed by atoms with Gasteiger partial charge < -0.3 is 11.1 Å². The minimum atomic E-state index is 0.590. The molecule has 0 unspecified atom stereocenters. The van der Waals surface area contributed by atoms with Crippen LogP contribution in [0.25, 0.3) is 0 Å². The Labute approximate surface area is 77.5 Å². The van der Waals surface area contributed by atoms with E-state index in [9.17, 15) is 0 Å². The number of nitrogens with two attached hydrogens (primary N) is 1. The van der Waals surface area contributed by atoms with E-state index in [0.29, 0.717) is 6.54 Å². The third-order valence-electron chi connectivity index (χ3n) is 1.83. The van der Waals surface area contributed by atoms with E-state index in [1.165, 1.54) is 10.5 Å². The van der Waals surface area contributed by atoms with Gasteiger partial charge in [0.25, 0.3) is 0 Å². The van der Waals surface area contributed by atoms with Crippen LogP contribution in [0.1, 0.15) is 5.56 Å². The number of rotatable bonds is 3. The molecule has 0 aliphatic heterocycles. The first kappa shape index (κ1) is 9.42. The van der Waals surface area contributed by atoms with E-state index in [0.717, 1.165) is 5.69 Å². The summed E-state index contributed by atoms with van der Waals surface area (Å²) in [6.45, 7) is 0.590. The second-order valence-electron chi connectivity index (χ2n) is 2.44. The average Bonchev–Trinajstić information content (AvgIpc) is 2.16. The van der Waals surface area contributed by atoms with Crippen LogP contribution < -0.4 is 11.1 Å². The average molecular weight is 182 g/mol. The summed E-state index contributed by atoms with van der Waals surface area (Å²) in [6, 6.07) is 6.17. The summed E-state index contributed by atoms with van der Waals surface area (Å²) >= 11 is 1.73. The van der Waals surface area contributed by atoms with Crippen LogP contribution in [0, 0.1) is 0 Å². The summed E-state index contributed by atoms with van der Waals surface area (Å²) in [6.07, 6.45) is 2.06. The Kier molecular flexibility index (Phi) is 3.44. The van der Waals surface area contributed by atoms with Gasteiger partial charge in [0.1, 0.15) is 0 Å². The fourth-order valence-corrected chi connectivity index (χ4v) is 1.86. The molecule has 2 nitrogen and oxygen atoms in total. The molecule has 0 radical (unpaired) electrons. The molecular formula is C9H14N2S. The largest absolute Gasteiger partial charge is 0.388 e. The topological polar surface area (TPSA) is 38.0 Å². The van der Waals surface area contributed by atoms with Gasteiger partial charge in [-0.05, 0) is 18.4 Å². The standard InChI is InChI=1S/C9H14N2S/c1-11-8-4-3-5-9(12-2)7(8)6-10/h3-5,11H,6,10H2,1-2H3. The minimum absolute atomic E-state index is 0.590. The summed E-state index contributed by atoms with van der Waals surface area (Å²) in [5.41, 5.74) is 7.98. The Morgan fingerprint density at radius 2 is 2.25 bits per heavy atom. The van der Waals surface area contributed by atoms with Crippen molar-refractivity contribution < 1.29 is 0 Å².